The van der Waals surface area contributed by atoms with Crippen LogP contribution in [0.1, 0.15) is 18.4 Å². The number of nitrogens with zero attached hydrogens (tertiary/aromatic N) is 1. The fourth-order valence-electron chi connectivity index (χ4n) is 2.26. The van der Waals surface area contributed by atoms with E-state index in [0.29, 0.717) is 0 Å². The van der Waals surface area contributed by atoms with Crippen molar-refractivity contribution >= 4 is 11.6 Å². The highest BCUT2D eigenvalue weighted by Gasteiger charge is 2.28. The maximum absolute atomic E-state index is 11.2. The maximum Gasteiger partial charge on any atom is 0.234 e. The normalized spacial score (nSPS) is 21.1. The van der Waals surface area contributed by atoms with Gasteiger partial charge in [0.25, 0.3) is 0 Å². The first-order valence-electron chi connectivity index (χ1n) is 5.54. The predicted octanol–water partition coefficient (Wildman–Crippen LogP) is 0.718. The van der Waals surface area contributed by atoms with Crippen molar-refractivity contribution in [1.29, 1.82) is 0 Å². The number of anilines is 1. The van der Waals surface area contributed by atoms with Crippen molar-refractivity contribution in [2.75, 3.05) is 12.3 Å². The van der Waals surface area contributed by atoms with Gasteiger partial charge in [0.2, 0.25) is 5.91 Å². The van der Waals surface area contributed by atoms with Crippen molar-refractivity contribution in [1.82, 2.24) is 4.90 Å². The van der Waals surface area contributed by atoms with Gasteiger partial charge in [0.15, 0.2) is 0 Å². The van der Waals surface area contributed by atoms with Crippen molar-refractivity contribution in [3.63, 3.8) is 0 Å². The molecule has 4 N–H and O–H groups in total. The molecule has 1 aliphatic heterocycles. The van der Waals surface area contributed by atoms with E-state index in [0.717, 1.165) is 37.2 Å². The molecule has 1 unspecified atom stereocenters. The van der Waals surface area contributed by atoms with Crippen LogP contribution in [0, 0.1) is 0 Å². The quantitative estimate of drug-likeness (QED) is 0.736. The SMILES string of the molecule is NC(=O)C1CCCN1Cc1cccc(N)c1. The number of carbonyl (C=O) groups is 1. The minimum absolute atomic E-state index is 0.110. The average molecular weight is 219 g/mol. The molecule has 1 amide bonds. The van der Waals surface area contributed by atoms with Gasteiger partial charge in [-0.25, -0.2) is 0 Å². The monoisotopic (exact) mass is 219 g/mol. The first-order chi connectivity index (χ1) is 7.66. The molecule has 2 rings (SSSR count). The molecule has 1 saturated heterocycles. The lowest BCUT2D eigenvalue weighted by atomic mass is 10.1. The second-order valence-corrected chi connectivity index (χ2v) is 4.28. The summed E-state index contributed by atoms with van der Waals surface area (Å²) < 4.78 is 0. The topological polar surface area (TPSA) is 72.4 Å². The molecule has 0 bridgehead atoms. The molecule has 0 aliphatic carbocycles. The summed E-state index contributed by atoms with van der Waals surface area (Å²) in [5.74, 6) is -0.221. The predicted molar refractivity (Wildman–Crippen MR) is 63.5 cm³/mol. The van der Waals surface area contributed by atoms with Crippen molar-refractivity contribution in [3.8, 4) is 0 Å². The molecular formula is C12H17N3O. The van der Waals surface area contributed by atoms with Gasteiger partial charge < -0.3 is 11.5 Å². The third kappa shape index (κ3) is 2.33. The number of rotatable bonds is 3. The van der Waals surface area contributed by atoms with Gasteiger partial charge in [0, 0.05) is 12.2 Å². The second kappa shape index (κ2) is 4.53. The van der Waals surface area contributed by atoms with E-state index < -0.39 is 0 Å². The van der Waals surface area contributed by atoms with Crippen LogP contribution >= 0.6 is 0 Å². The zero-order valence-corrected chi connectivity index (χ0v) is 9.23. The van der Waals surface area contributed by atoms with E-state index in [2.05, 4.69) is 4.90 Å². The molecule has 1 heterocycles. The average Bonchev–Trinajstić information content (AvgIpc) is 2.66. The summed E-state index contributed by atoms with van der Waals surface area (Å²) in [5, 5.41) is 0. The van der Waals surface area contributed by atoms with Crippen LogP contribution in [0.5, 0.6) is 0 Å². The van der Waals surface area contributed by atoms with Crippen LogP contribution in [-0.2, 0) is 11.3 Å². The number of benzene rings is 1. The van der Waals surface area contributed by atoms with Gasteiger partial charge in [-0.15, -0.1) is 0 Å². The third-order valence-electron chi connectivity index (χ3n) is 3.03. The van der Waals surface area contributed by atoms with Crippen LogP contribution in [0.2, 0.25) is 0 Å². The van der Waals surface area contributed by atoms with Crippen molar-refractivity contribution < 1.29 is 4.79 Å². The first kappa shape index (κ1) is 11.0. The van der Waals surface area contributed by atoms with Crippen LogP contribution in [0.4, 0.5) is 5.69 Å². The molecule has 0 spiro atoms. The van der Waals surface area contributed by atoms with E-state index in [9.17, 15) is 4.79 Å². The Morgan fingerprint density at radius 2 is 2.31 bits per heavy atom. The molecule has 1 aromatic carbocycles. The molecule has 0 radical (unpaired) electrons. The second-order valence-electron chi connectivity index (χ2n) is 4.28. The molecule has 1 atom stereocenters. The van der Waals surface area contributed by atoms with E-state index in [1.165, 1.54) is 0 Å². The van der Waals surface area contributed by atoms with Crippen LogP contribution in [0.3, 0.4) is 0 Å². The summed E-state index contributed by atoms with van der Waals surface area (Å²) >= 11 is 0. The molecule has 1 fully saturated rings. The molecule has 1 aliphatic rings. The number of nitrogen functional groups attached to an aromatic ring is 1. The van der Waals surface area contributed by atoms with Gasteiger partial charge >= 0.3 is 0 Å². The lowest BCUT2D eigenvalue weighted by molar-refractivity contribution is -0.122. The highest BCUT2D eigenvalue weighted by atomic mass is 16.1. The third-order valence-corrected chi connectivity index (χ3v) is 3.03. The lowest BCUT2D eigenvalue weighted by Gasteiger charge is -2.21. The summed E-state index contributed by atoms with van der Waals surface area (Å²) in [7, 11) is 0. The molecule has 0 aromatic heterocycles. The Hall–Kier alpha value is -1.55. The van der Waals surface area contributed by atoms with Crippen molar-refractivity contribution in [3.05, 3.63) is 29.8 Å². The maximum atomic E-state index is 11.2. The van der Waals surface area contributed by atoms with Gasteiger partial charge in [-0.2, -0.15) is 0 Å². The number of hydrogen-bond donors (Lipinski definition) is 2. The number of likely N-dealkylation sites (tertiary alicyclic amines) is 1. The van der Waals surface area contributed by atoms with Crippen LogP contribution in [0.25, 0.3) is 0 Å². The van der Waals surface area contributed by atoms with Crippen LogP contribution in [-0.4, -0.2) is 23.4 Å². The summed E-state index contributed by atoms with van der Waals surface area (Å²) in [6.07, 6.45) is 1.91. The fraction of sp³-hybridized carbons (Fsp3) is 0.417. The summed E-state index contributed by atoms with van der Waals surface area (Å²) in [5.41, 5.74) is 13.0. The Kier molecular flexibility index (Phi) is 3.10. The summed E-state index contributed by atoms with van der Waals surface area (Å²) in [6.45, 7) is 1.68. The molecule has 4 nitrogen and oxygen atoms in total. The van der Waals surface area contributed by atoms with Crippen LogP contribution in [0.15, 0.2) is 24.3 Å². The van der Waals surface area contributed by atoms with E-state index in [4.69, 9.17) is 11.5 Å². The lowest BCUT2D eigenvalue weighted by Crippen LogP contribution is -2.39. The Morgan fingerprint density at radius 3 is 3.00 bits per heavy atom. The molecule has 0 saturated carbocycles. The number of nitrogens with two attached hydrogens (primary N) is 2. The Labute approximate surface area is 95.2 Å². The van der Waals surface area contributed by atoms with Crippen molar-refractivity contribution in [2.24, 2.45) is 5.73 Å². The highest BCUT2D eigenvalue weighted by Crippen LogP contribution is 2.20. The summed E-state index contributed by atoms with van der Waals surface area (Å²) in [6, 6.07) is 7.64. The van der Waals surface area contributed by atoms with Gasteiger partial charge in [-0.05, 0) is 37.1 Å². The fourth-order valence-corrected chi connectivity index (χ4v) is 2.26. The highest BCUT2D eigenvalue weighted by molar-refractivity contribution is 5.80. The van der Waals surface area contributed by atoms with E-state index in [1.807, 2.05) is 24.3 Å². The zero-order valence-electron chi connectivity index (χ0n) is 9.23. The Balaban J connectivity index is 2.06. The minimum Gasteiger partial charge on any atom is -0.399 e. The first-order valence-corrected chi connectivity index (χ1v) is 5.54. The standard InChI is InChI=1S/C12H17N3O/c13-10-4-1-3-9(7-10)8-15-6-2-5-11(15)12(14)16/h1,3-4,7,11H,2,5-6,8,13H2,(H2,14,16). The van der Waals surface area contributed by atoms with Gasteiger partial charge in [-0.1, -0.05) is 12.1 Å². The Morgan fingerprint density at radius 1 is 1.50 bits per heavy atom. The van der Waals surface area contributed by atoms with E-state index >= 15 is 0 Å². The number of primary amides is 1. The number of amides is 1. The number of hydrogen-bond acceptors (Lipinski definition) is 3. The van der Waals surface area contributed by atoms with E-state index in [-0.39, 0.29) is 11.9 Å². The molecule has 86 valence electrons. The van der Waals surface area contributed by atoms with Crippen molar-refractivity contribution in [2.45, 2.75) is 25.4 Å². The molecule has 16 heavy (non-hydrogen) atoms. The number of carbonyl (C=O) groups excluding carboxylic acids is 1. The minimum atomic E-state index is -0.221. The largest absolute Gasteiger partial charge is 0.399 e. The zero-order chi connectivity index (χ0) is 11.5. The smallest absolute Gasteiger partial charge is 0.234 e. The molecule has 1 aromatic rings. The molecular weight excluding hydrogens is 202 g/mol. The van der Waals surface area contributed by atoms with E-state index in [1.54, 1.807) is 0 Å². The van der Waals surface area contributed by atoms with Gasteiger partial charge in [0.05, 0.1) is 6.04 Å². The molecule has 4 heteroatoms. The van der Waals surface area contributed by atoms with Gasteiger partial charge in [-0.3, -0.25) is 9.69 Å². The summed E-state index contributed by atoms with van der Waals surface area (Å²) in [4.78, 5) is 13.3. The van der Waals surface area contributed by atoms with Gasteiger partial charge in [0.1, 0.15) is 0 Å². The Bertz CT molecular complexity index is 392. The van der Waals surface area contributed by atoms with Crippen LogP contribution < -0.4 is 11.5 Å².